The van der Waals surface area contributed by atoms with Crippen molar-refractivity contribution in [1.82, 2.24) is 34.0 Å². The summed E-state index contributed by atoms with van der Waals surface area (Å²) in [6.07, 6.45) is 0.678. The van der Waals surface area contributed by atoms with Crippen molar-refractivity contribution < 1.29 is 42.9 Å². The molecule has 0 unspecified atom stereocenters. The van der Waals surface area contributed by atoms with Crippen molar-refractivity contribution in [2.75, 3.05) is 51.8 Å². The molecule has 0 bridgehead atoms. The molecule has 2 aromatic heterocycles. The molecule has 3 N–H and O–H groups in total. The number of aliphatic hydroxyl groups excluding tert-OH is 1. The van der Waals surface area contributed by atoms with Crippen molar-refractivity contribution in [1.29, 1.82) is 0 Å². The number of hydrogen-bond acceptors (Lipinski definition) is 8. The number of aromatic nitrogens is 4. The van der Waals surface area contributed by atoms with Crippen LogP contribution in [0.25, 0.3) is 22.4 Å². The molecular weight excluding hydrogens is 718 g/mol. The maximum atomic E-state index is 15.5. The van der Waals surface area contributed by atoms with Gasteiger partial charge in [0, 0.05) is 75.5 Å². The zero-order valence-corrected chi connectivity index (χ0v) is 29.8. The molecule has 0 radical (unpaired) electrons. The Morgan fingerprint density at radius 2 is 1.68 bits per heavy atom. The summed E-state index contributed by atoms with van der Waals surface area (Å²) in [7, 11) is 3.05. The third-order valence-corrected chi connectivity index (χ3v) is 9.82. The number of ether oxygens (including phenoxy) is 1. The summed E-state index contributed by atoms with van der Waals surface area (Å²) in [5.41, 5.74) is 1.46. The van der Waals surface area contributed by atoms with Gasteiger partial charge in [-0.15, -0.1) is 0 Å². The number of likely N-dealkylation sites (tertiary alicyclic amines) is 1. The number of piperazine rings is 1. The molecule has 6 rings (SSSR count). The van der Waals surface area contributed by atoms with Gasteiger partial charge in [0.2, 0.25) is 5.91 Å². The highest BCUT2D eigenvalue weighted by molar-refractivity contribution is 6.34. The van der Waals surface area contributed by atoms with E-state index in [9.17, 15) is 29.4 Å². The van der Waals surface area contributed by atoms with Gasteiger partial charge < -0.3 is 34.6 Å². The summed E-state index contributed by atoms with van der Waals surface area (Å²) < 4.78 is 38.9. The smallest absolute Gasteiger partial charge is 0.408 e. The highest BCUT2D eigenvalue weighted by atomic mass is 35.5. The Labute approximate surface area is 307 Å². The van der Waals surface area contributed by atoms with Crippen LogP contribution < -0.4 is 5.32 Å². The molecular formula is C35H37ClF2N8O7. The Morgan fingerprint density at radius 3 is 2.36 bits per heavy atom. The molecule has 2 saturated heterocycles. The Kier molecular flexibility index (Phi) is 10.8. The average molecular weight is 755 g/mol. The van der Waals surface area contributed by atoms with Crippen LogP contribution >= 0.6 is 11.6 Å². The number of nitrogens with one attached hydrogen (secondary N) is 1. The second-order valence-corrected chi connectivity index (χ2v) is 13.1. The summed E-state index contributed by atoms with van der Waals surface area (Å²) in [6.45, 7) is 3.20. The number of imidazole rings is 1. The minimum absolute atomic E-state index is 0.0396. The van der Waals surface area contributed by atoms with Crippen LogP contribution in [0.3, 0.4) is 0 Å². The maximum Gasteiger partial charge on any atom is 0.408 e. The molecule has 2 fully saturated rings. The van der Waals surface area contributed by atoms with Gasteiger partial charge in [0.1, 0.15) is 6.04 Å². The van der Waals surface area contributed by atoms with Gasteiger partial charge in [-0.2, -0.15) is 5.10 Å². The van der Waals surface area contributed by atoms with Crippen LogP contribution in [0.2, 0.25) is 5.02 Å². The van der Waals surface area contributed by atoms with Crippen molar-refractivity contribution in [3.63, 3.8) is 0 Å². The van der Waals surface area contributed by atoms with E-state index >= 15 is 8.78 Å². The second kappa shape index (κ2) is 15.3. The molecule has 2 aromatic carbocycles. The number of aliphatic hydroxyl groups is 1. The van der Waals surface area contributed by atoms with Crippen molar-refractivity contribution in [3.8, 4) is 22.4 Å². The lowest BCUT2D eigenvalue weighted by Crippen LogP contribution is -2.57. The van der Waals surface area contributed by atoms with Crippen LogP contribution in [0.5, 0.6) is 0 Å². The summed E-state index contributed by atoms with van der Waals surface area (Å²) in [5.74, 6) is -3.86. The van der Waals surface area contributed by atoms with Gasteiger partial charge in [-0.25, -0.2) is 18.6 Å². The first-order valence-electron chi connectivity index (χ1n) is 16.7. The van der Waals surface area contributed by atoms with Gasteiger partial charge in [-0.05, 0) is 37.6 Å². The SMILES string of the molecule is COCCn1cc(-c2ccc(-c3cnc(C(=O)Nc4ccc(C(=O)N5CCN(C(=O)[C@@H]6[C@@H](O)CCN6C(=O)O)CC5)c(Cl)c4)n3C)c(F)c2F)c(C)n1. The normalized spacial score (nSPS) is 17.4. The number of carboxylic acid groups (broad SMARTS) is 1. The van der Waals surface area contributed by atoms with Crippen LogP contribution in [0.4, 0.5) is 19.3 Å². The van der Waals surface area contributed by atoms with Crippen molar-refractivity contribution in [2.24, 2.45) is 7.05 Å². The summed E-state index contributed by atoms with van der Waals surface area (Å²) in [6, 6.07) is 6.01. The zero-order valence-electron chi connectivity index (χ0n) is 29.1. The van der Waals surface area contributed by atoms with Gasteiger partial charge in [-0.3, -0.25) is 24.0 Å². The molecule has 18 heteroatoms. The highest BCUT2D eigenvalue weighted by Crippen LogP contribution is 2.33. The maximum absolute atomic E-state index is 15.5. The summed E-state index contributed by atoms with van der Waals surface area (Å²) in [4.78, 5) is 59.1. The molecule has 0 aliphatic carbocycles. The fourth-order valence-electron chi connectivity index (χ4n) is 6.64. The minimum Gasteiger partial charge on any atom is -0.465 e. The lowest BCUT2D eigenvalue weighted by molar-refractivity contribution is -0.139. The van der Waals surface area contributed by atoms with Crippen LogP contribution in [-0.4, -0.2) is 127 Å². The van der Waals surface area contributed by atoms with E-state index < -0.39 is 47.6 Å². The van der Waals surface area contributed by atoms with Gasteiger partial charge >= 0.3 is 6.09 Å². The standard InChI is InChI=1S/C35H37ClF2N8O7/c1-19-24(18-45(41-19)14-15-53-3)21-6-7-23(29(38)28(21)37)26-17-39-31(42(26)2)32(48)40-20-4-5-22(25(36)16-20)33(49)43-10-12-44(13-11-43)34(50)30-27(47)8-9-46(30)35(51)52/h4-7,16-18,27,30,47H,8-15H2,1-3H3,(H,40,48)(H,51,52)/t27-,30-/m0/s1. The quantitative estimate of drug-likeness (QED) is 0.231. The largest absolute Gasteiger partial charge is 0.465 e. The number of benzene rings is 2. The number of halogens is 3. The molecule has 4 heterocycles. The fourth-order valence-corrected chi connectivity index (χ4v) is 6.90. The van der Waals surface area contributed by atoms with E-state index in [1.807, 2.05) is 0 Å². The molecule has 0 spiro atoms. The Balaban J connectivity index is 1.10. The fraction of sp³-hybridized carbons (Fsp3) is 0.371. The molecule has 280 valence electrons. The molecule has 2 atom stereocenters. The summed E-state index contributed by atoms with van der Waals surface area (Å²) >= 11 is 6.48. The Morgan fingerprint density at radius 1 is 1.00 bits per heavy atom. The van der Waals surface area contributed by atoms with Gasteiger partial charge in [-0.1, -0.05) is 17.7 Å². The van der Waals surface area contributed by atoms with Crippen LogP contribution in [0.15, 0.2) is 42.7 Å². The number of anilines is 1. The monoisotopic (exact) mass is 754 g/mol. The molecule has 2 aliphatic rings. The van der Waals surface area contributed by atoms with E-state index in [-0.39, 0.29) is 78.1 Å². The first kappa shape index (κ1) is 37.4. The zero-order chi connectivity index (χ0) is 38.1. The van der Waals surface area contributed by atoms with E-state index in [2.05, 4.69) is 15.4 Å². The number of methoxy groups -OCH3 is 1. The van der Waals surface area contributed by atoms with Crippen LogP contribution in [0, 0.1) is 18.6 Å². The topological polar surface area (TPSA) is 175 Å². The third-order valence-electron chi connectivity index (χ3n) is 9.51. The number of hydrogen-bond donors (Lipinski definition) is 3. The van der Waals surface area contributed by atoms with E-state index in [1.54, 1.807) is 24.9 Å². The number of nitrogens with zero attached hydrogens (tertiary/aromatic N) is 7. The van der Waals surface area contributed by atoms with Gasteiger partial charge in [0.05, 0.1) is 47.4 Å². The molecule has 0 saturated carbocycles. The van der Waals surface area contributed by atoms with E-state index in [0.717, 1.165) is 4.90 Å². The molecule has 15 nitrogen and oxygen atoms in total. The number of amides is 4. The van der Waals surface area contributed by atoms with E-state index in [0.29, 0.717) is 24.4 Å². The highest BCUT2D eigenvalue weighted by Gasteiger charge is 2.43. The summed E-state index contributed by atoms with van der Waals surface area (Å²) in [5, 5.41) is 26.7. The lowest BCUT2D eigenvalue weighted by atomic mass is 10.0. The molecule has 53 heavy (non-hydrogen) atoms. The van der Waals surface area contributed by atoms with Crippen LogP contribution in [-0.2, 0) is 23.1 Å². The van der Waals surface area contributed by atoms with E-state index in [4.69, 9.17) is 16.3 Å². The first-order chi connectivity index (χ1) is 25.3. The Bertz CT molecular complexity index is 2080. The number of carbonyl (C=O) groups excluding carboxylic acids is 3. The van der Waals surface area contributed by atoms with Crippen molar-refractivity contribution in [2.45, 2.75) is 32.0 Å². The molecule has 4 amide bonds. The minimum atomic E-state index is -1.28. The second-order valence-electron chi connectivity index (χ2n) is 12.7. The number of aryl methyl sites for hydroxylation is 1. The first-order valence-corrected chi connectivity index (χ1v) is 17.1. The van der Waals surface area contributed by atoms with E-state index in [1.165, 1.54) is 57.9 Å². The molecule has 2 aliphatic heterocycles. The van der Waals surface area contributed by atoms with Crippen LogP contribution in [0.1, 0.15) is 33.1 Å². The Hall–Kier alpha value is -5.39. The van der Waals surface area contributed by atoms with Crippen molar-refractivity contribution in [3.05, 3.63) is 76.5 Å². The average Bonchev–Trinajstić information content (AvgIpc) is 3.83. The predicted molar refractivity (Wildman–Crippen MR) is 187 cm³/mol. The predicted octanol–water partition coefficient (Wildman–Crippen LogP) is 3.49. The number of rotatable bonds is 9. The third kappa shape index (κ3) is 7.31. The van der Waals surface area contributed by atoms with Gasteiger partial charge in [0.25, 0.3) is 11.8 Å². The molecule has 4 aromatic rings. The number of carbonyl (C=O) groups is 4. The van der Waals surface area contributed by atoms with Gasteiger partial charge in [0.15, 0.2) is 17.5 Å². The lowest BCUT2D eigenvalue weighted by Gasteiger charge is -2.37. The van der Waals surface area contributed by atoms with Crippen molar-refractivity contribution >= 4 is 41.1 Å².